The standard InChI is InChI=1S/C22H20N2O3S/c1-14-7-9-15(10-8-14)22(26)13-28-21-18(12-23)17(11-20(25)24(21)22)16-5-3-4-6-19(16)27-2/h3-10,17,26H,11,13H2,1-2H3/t17-,22-/m0/s1. The summed E-state index contributed by atoms with van der Waals surface area (Å²) in [4.78, 5) is 14.6. The molecule has 1 amide bonds. The van der Waals surface area contributed by atoms with E-state index < -0.39 is 5.72 Å². The lowest BCUT2D eigenvalue weighted by Crippen LogP contribution is -2.48. The average molecular weight is 392 g/mol. The van der Waals surface area contributed by atoms with E-state index in [4.69, 9.17) is 4.74 Å². The SMILES string of the molecule is COc1ccccc1[C@@H]1CC(=O)N2C(=C1C#N)SC[C@]2(O)c1ccc(C)cc1. The first-order valence-electron chi connectivity index (χ1n) is 9.02. The van der Waals surface area contributed by atoms with Crippen LogP contribution in [0.15, 0.2) is 59.1 Å². The Balaban J connectivity index is 1.82. The molecule has 6 heteroatoms. The molecule has 5 nitrogen and oxygen atoms in total. The molecule has 0 unspecified atom stereocenters. The summed E-state index contributed by atoms with van der Waals surface area (Å²) < 4.78 is 5.45. The molecule has 142 valence electrons. The average Bonchev–Trinajstić information content (AvgIpc) is 3.07. The van der Waals surface area contributed by atoms with E-state index in [9.17, 15) is 15.2 Å². The molecule has 28 heavy (non-hydrogen) atoms. The lowest BCUT2D eigenvalue weighted by Gasteiger charge is -2.38. The van der Waals surface area contributed by atoms with Gasteiger partial charge in [0, 0.05) is 23.5 Å². The smallest absolute Gasteiger partial charge is 0.231 e. The van der Waals surface area contributed by atoms with Crippen LogP contribution in [0.1, 0.15) is 29.0 Å². The van der Waals surface area contributed by atoms with Crippen molar-refractivity contribution < 1.29 is 14.6 Å². The maximum Gasteiger partial charge on any atom is 0.231 e. The highest BCUT2D eigenvalue weighted by atomic mass is 32.2. The Morgan fingerprint density at radius 3 is 2.64 bits per heavy atom. The molecule has 0 aliphatic carbocycles. The summed E-state index contributed by atoms with van der Waals surface area (Å²) in [5.41, 5.74) is 1.60. The third-order valence-corrected chi connectivity index (χ3v) is 6.56. The molecular weight excluding hydrogens is 372 g/mol. The van der Waals surface area contributed by atoms with Crippen molar-refractivity contribution in [1.82, 2.24) is 4.90 Å². The van der Waals surface area contributed by atoms with Crippen molar-refractivity contribution in [3.8, 4) is 11.8 Å². The van der Waals surface area contributed by atoms with Crippen LogP contribution >= 0.6 is 11.8 Å². The van der Waals surface area contributed by atoms with Crippen molar-refractivity contribution in [1.29, 1.82) is 5.26 Å². The molecule has 1 saturated heterocycles. The second kappa shape index (κ2) is 7.01. The largest absolute Gasteiger partial charge is 0.496 e. The van der Waals surface area contributed by atoms with Gasteiger partial charge in [-0.1, -0.05) is 48.0 Å². The van der Waals surface area contributed by atoms with Gasteiger partial charge in [-0.25, -0.2) is 0 Å². The van der Waals surface area contributed by atoms with Gasteiger partial charge in [-0.15, -0.1) is 11.8 Å². The second-order valence-corrected chi connectivity index (χ2v) is 7.99. The molecule has 0 bridgehead atoms. The third kappa shape index (κ3) is 2.79. The Kier molecular flexibility index (Phi) is 4.66. The lowest BCUT2D eigenvalue weighted by molar-refractivity contribution is -0.149. The molecule has 4 rings (SSSR count). The molecule has 2 aromatic rings. The molecule has 2 aliphatic rings. The fourth-order valence-electron chi connectivity index (χ4n) is 3.88. The normalized spacial score (nSPS) is 24.1. The van der Waals surface area contributed by atoms with Crippen LogP contribution < -0.4 is 4.74 Å². The number of carbonyl (C=O) groups excluding carboxylic acids is 1. The van der Waals surface area contributed by atoms with E-state index in [0.717, 1.165) is 11.1 Å². The van der Waals surface area contributed by atoms with E-state index in [-0.39, 0.29) is 18.2 Å². The number of benzene rings is 2. The van der Waals surface area contributed by atoms with Crippen molar-refractivity contribution in [3.63, 3.8) is 0 Å². The van der Waals surface area contributed by atoms with Crippen LogP contribution in [0.4, 0.5) is 0 Å². The first kappa shape index (κ1) is 18.6. The van der Waals surface area contributed by atoms with Crippen LogP contribution in [-0.4, -0.2) is 28.8 Å². The van der Waals surface area contributed by atoms with Crippen molar-refractivity contribution in [2.24, 2.45) is 0 Å². The topological polar surface area (TPSA) is 73.6 Å². The summed E-state index contributed by atoms with van der Waals surface area (Å²) in [5.74, 6) is 0.366. The fraction of sp³-hybridized carbons (Fsp3) is 0.273. The minimum absolute atomic E-state index is 0.113. The molecule has 0 aromatic heterocycles. The zero-order valence-electron chi connectivity index (χ0n) is 15.7. The van der Waals surface area contributed by atoms with Gasteiger partial charge in [0.05, 0.1) is 29.5 Å². The Bertz CT molecular complexity index is 1010. The Labute approximate surface area is 168 Å². The van der Waals surface area contributed by atoms with Crippen LogP contribution in [0.2, 0.25) is 0 Å². The number of carbonyl (C=O) groups is 1. The van der Waals surface area contributed by atoms with Gasteiger partial charge in [-0.05, 0) is 13.0 Å². The highest BCUT2D eigenvalue weighted by Crippen LogP contribution is 2.52. The van der Waals surface area contributed by atoms with E-state index in [0.29, 0.717) is 27.7 Å². The lowest BCUT2D eigenvalue weighted by atomic mass is 9.85. The van der Waals surface area contributed by atoms with Crippen molar-refractivity contribution in [2.75, 3.05) is 12.9 Å². The van der Waals surface area contributed by atoms with Crippen LogP contribution in [0.5, 0.6) is 5.75 Å². The fourth-order valence-corrected chi connectivity index (χ4v) is 5.24. The molecule has 0 saturated carbocycles. The minimum Gasteiger partial charge on any atom is -0.496 e. The molecule has 2 aromatic carbocycles. The first-order valence-corrected chi connectivity index (χ1v) is 10.0. The van der Waals surface area contributed by atoms with Gasteiger partial charge in [0.1, 0.15) is 5.75 Å². The van der Waals surface area contributed by atoms with Crippen molar-refractivity contribution in [2.45, 2.75) is 25.0 Å². The van der Waals surface area contributed by atoms with Crippen molar-refractivity contribution in [3.05, 3.63) is 75.8 Å². The number of nitriles is 1. The number of nitrogens with zero attached hydrogens (tertiary/aromatic N) is 2. The minimum atomic E-state index is -1.45. The molecule has 2 atom stereocenters. The predicted octanol–water partition coefficient (Wildman–Crippen LogP) is 3.65. The van der Waals surface area contributed by atoms with Gasteiger partial charge >= 0.3 is 0 Å². The van der Waals surface area contributed by atoms with Gasteiger partial charge in [0.15, 0.2) is 5.72 Å². The van der Waals surface area contributed by atoms with E-state index in [1.165, 1.54) is 16.7 Å². The maximum atomic E-state index is 13.1. The number of aliphatic hydroxyl groups is 1. The molecule has 0 spiro atoms. The number of aryl methyl sites for hydroxylation is 1. The van der Waals surface area contributed by atoms with Crippen LogP contribution in [0, 0.1) is 18.3 Å². The second-order valence-electron chi connectivity index (χ2n) is 7.03. The summed E-state index contributed by atoms with van der Waals surface area (Å²) in [5, 5.41) is 21.9. The van der Waals surface area contributed by atoms with Crippen molar-refractivity contribution >= 4 is 17.7 Å². The molecule has 2 heterocycles. The van der Waals surface area contributed by atoms with Crippen LogP contribution in [0.3, 0.4) is 0 Å². The van der Waals surface area contributed by atoms with Gasteiger partial charge in [-0.2, -0.15) is 5.26 Å². The Morgan fingerprint density at radius 2 is 1.96 bits per heavy atom. The number of ether oxygens (including phenoxy) is 1. The summed E-state index contributed by atoms with van der Waals surface area (Å²) in [6.45, 7) is 1.97. The summed E-state index contributed by atoms with van der Waals surface area (Å²) in [7, 11) is 1.58. The maximum absolute atomic E-state index is 13.1. The molecule has 1 fully saturated rings. The van der Waals surface area contributed by atoms with Gasteiger partial charge in [0.2, 0.25) is 5.91 Å². The summed E-state index contributed by atoms with van der Waals surface area (Å²) in [6.07, 6.45) is 0.113. The Hall–Kier alpha value is -2.75. The van der Waals surface area contributed by atoms with Crippen LogP contribution in [-0.2, 0) is 10.5 Å². The highest BCUT2D eigenvalue weighted by molar-refractivity contribution is 8.03. The summed E-state index contributed by atoms with van der Waals surface area (Å²) in [6, 6.07) is 17.2. The number of rotatable bonds is 3. The van der Waals surface area contributed by atoms with Crippen LogP contribution in [0.25, 0.3) is 0 Å². The van der Waals surface area contributed by atoms with E-state index in [2.05, 4.69) is 6.07 Å². The number of methoxy groups -OCH3 is 1. The molecular formula is C22H20N2O3S. The van der Waals surface area contributed by atoms with Gasteiger partial charge in [0.25, 0.3) is 0 Å². The number of allylic oxidation sites excluding steroid dienone is 1. The summed E-state index contributed by atoms with van der Waals surface area (Å²) >= 11 is 1.35. The monoisotopic (exact) mass is 392 g/mol. The molecule has 1 N–H and O–H groups in total. The number of para-hydroxylation sites is 1. The van der Waals surface area contributed by atoms with Gasteiger partial charge in [-0.3, -0.25) is 9.69 Å². The molecule has 2 aliphatic heterocycles. The zero-order chi connectivity index (χ0) is 19.9. The number of fused-ring (bicyclic) bond motifs is 1. The van der Waals surface area contributed by atoms with E-state index in [1.807, 2.05) is 55.5 Å². The number of amides is 1. The predicted molar refractivity (Wildman–Crippen MR) is 107 cm³/mol. The van der Waals surface area contributed by atoms with E-state index >= 15 is 0 Å². The highest BCUT2D eigenvalue weighted by Gasteiger charge is 2.52. The first-order chi connectivity index (χ1) is 13.5. The quantitative estimate of drug-likeness (QED) is 0.863. The number of thioether (sulfide) groups is 1. The van der Waals surface area contributed by atoms with E-state index in [1.54, 1.807) is 7.11 Å². The zero-order valence-corrected chi connectivity index (χ0v) is 16.5. The number of hydrogen-bond acceptors (Lipinski definition) is 5. The van der Waals surface area contributed by atoms with Gasteiger partial charge < -0.3 is 9.84 Å². The number of hydrogen-bond donors (Lipinski definition) is 1. The Morgan fingerprint density at radius 1 is 1.25 bits per heavy atom. The molecule has 0 radical (unpaired) electrons. The third-order valence-electron chi connectivity index (χ3n) is 5.34.